The van der Waals surface area contributed by atoms with Crippen LogP contribution >= 0.6 is 0 Å². The van der Waals surface area contributed by atoms with Crippen molar-refractivity contribution in [2.45, 2.75) is 26.7 Å². The Morgan fingerprint density at radius 2 is 1.32 bits per heavy atom. The number of aromatic carboxylic acids is 2. The Labute approximate surface area is 195 Å². The first kappa shape index (κ1) is 27.6. The van der Waals surface area contributed by atoms with Crippen LogP contribution in [0.15, 0.2) is 48.6 Å². The van der Waals surface area contributed by atoms with Crippen molar-refractivity contribution in [3.8, 4) is 11.5 Å². The van der Waals surface area contributed by atoms with Crippen molar-refractivity contribution >= 4 is 30.9 Å². The minimum atomic E-state index is -1.71. The van der Waals surface area contributed by atoms with Gasteiger partial charge in [0.15, 0.2) is 11.5 Å². The van der Waals surface area contributed by atoms with Gasteiger partial charge in [0.25, 0.3) is 12.9 Å². The van der Waals surface area contributed by atoms with Crippen molar-refractivity contribution in [2.75, 3.05) is 6.61 Å². The number of ether oxygens (including phenoxy) is 3. The summed E-state index contributed by atoms with van der Waals surface area (Å²) in [5.41, 5.74) is -1.31. The van der Waals surface area contributed by atoms with E-state index in [2.05, 4.69) is 11.3 Å². The van der Waals surface area contributed by atoms with Gasteiger partial charge in [-0.1, -0.05) is 49.9 Å². The second-order valence-electron chi connectivity index (χ2n) is 6.58. The summed E-state index contributed by atoms with van der Waals surface area (Å²) >= 11 is 0. The Balaban J connectivity index is 0.000000830. The largest absolute Gasteiger partial charge is 0.478 e. The molecular weight excluding hydrogens is 448 g/mol. The molecular formula is C24H24O10. The molecule has 0 radical (unpaired) electrons. The van der Waals surface area contributed by atoms with Gasteiger partial charge in [-0.05, 0) is 18.9 Å². The molecule has 2 N–H and O–H groups in total. The molecule has 10 nitrogen and oxygen atoms in total. The number of esters is 1. The van der Waals surface area contributed by atoms with Gasteiger partial charge in [0.2, 0.25) is 0 Å². The molecule has 180 valence electrons. The number of carboxylic acid groups (broad SMARTS) is 2. The van der Waals surface area contributed by atoms with E-state index in [9.17, 15) is 34.2 Å². The minimum absolute atomic E-state index is 0.0108. The summed E-state index contributed by atoms with van der Waals surface area (Å²) < 4.78 is 14.4. The van der Waals surface area contributed by atoms with Crippen LogP contribution in [-0.2, 0) is 32.0 Å². The van der Waals surface area contributed by atoms with Crippen LogP contribution in [-0.4, -0.2) is 47.7 Å². The fourth-order valence-corrected chi connectivity index (χ4v) is 2.98. The zero-order valence-electron chi connectivity index (χ0n) is 18.6. The quantitative estimate of drug-likeness (QED) is 0.283. The summed E-state index contributed by atoms with van der Waals surface area (Å²) in [5.74, 6) is -5.13. The second-order valence-corrected chi connectivity index (χ2v) is 6.58. The summed E-state index contributed by atoms with van der Waals surface area (Å²) in [6, 6.07) is 12.0. The fraction of sp³-hybridized carbons (Fsp3) is 0.208. The lowest BCUT2D eigenvalue weighted by molar-refractivity contribution is -0.138. The highest BCUT2D eigenvalue weighted by Gasteiger charge is 2.32. The molecule has 0 unspecified atom stereocenters. The Morgan fingerprint density at radius 1 is 0.853 bits per heavy atom. The predicted molar refractivity (Wildman–Crippen MR) is 119 cm³/mol. The number of benzene rings is 2. The zero-order chi connectivity index (χ0) is 25.7. The Kier molecular flexibility index (Phi) is 11.2. The molecule has 0 heterocycles. The third-order valence-electron chi connectivity index (χ3n) is 4.34. The van der Waals surface area contributed by atoms with Crippen molar-refractivity contribution in [3.63, 3.8) is 0 Å². The molecule has 0 fully saturated rings. The van der Waals surface area contributed by atoms with Crippen molar-refractivity contribution in [3.05, 3.63) is 70.8 Å². The lowest BCUT2D eigenvalue weighted by atomic mass is 9.90. The molecule has 0 spiro atoms. The van der Waals surface area contributed by atoms with Crippen LogP contribution in [0, 0.1) is 0 Å². The number of carbonyl (C=O) groups is 5. The number of hydrogen-bond donors (Lipinski definition) is 2. The van der Waals surface area contributed by atoms with Gasteiger partial charge >= 0.3 is 17.9 Å². The number of carboxylic acids is 2. The molecule has 0 saturated carbocycles. The van der Waals surface area contributed by atoms with Crippen LogP contribution in [0.1, 0.15) is 45.7 Å². The van der Waals surface area contributed by atoms with Gasteiger partial charge in [0.1, 0.15) is 5.56 Å². The third-order valence-corrected chi connectivity index (χ3v) is 4.34. The second kappa shape index (κ2) is 13.8. The van der Waals surface area contributed by atoms with Gasteiger partial charge < -0.3 is 24.4 Å². The Hall–Kier alpha value is -4.47. The van der Waals surface area contributed by atoms with Gasteiger partial charge in [0, 0.05) is 17.6 Å². The maximum Gasteiger partial charge on any atom is 0.340 e. The molecule has 34 heavy (non-hydrogen) atoms. The Bertz CT molecular complexity index is 1030. The zero-order valence-corrected chi connectivity index (χ0v) is 18.6. The van der Waals surface area contributed by atoms with Gasteiger partial charge in [-0.15, -0.1) is 0 Å². The van der Waals surface area contributed by atoms with Crippen LogP contribution in [0.5, 0.6) is 11.5 Å². The molecule has 0 aliphatic carbocycles. The predicted octanol–water partition coefficient (Wildman–Crippen LogP) is 3.06. The Morgan fingerprint density at radius 3 is 1.71 bits per heavy atom. The molecule has 0 amide bonds. The molecule has 2 aromatic carbocycles. The lowest BCUT2D eigenvalue weighted by Gasteiger charge is -2.20. The van der Waals surface area contributed by atoms with E-state index in [0.29, 0.717) is 0 Å². The number of hydrogen-bond acceptors (Lipinski definition) is 8. The van der Waals surface area contributed by atoms with Crippen molar-refractivity contribution in [2.24, 2.45) is 0 Å². The fourth-order valence-electron chi connectivity index (χ4n) is 2.98. The van der Waals surface area contributed by atoms with E-state index in [1.807, 2.05) is 36.4 Å². The van der Waals surface area contributed by atoms with Crippen LogP contribution in [0.25, 0.3) is 0 Å². The molecule has 0 aromatic heterocycles. The normalized spacial score (nSPS) is 9.59. The van der Waals surface area contributed by atoms with Crippen molar-refractivity contribution < 1.29 is 48.4 Å². The SMILES string of the molecule is C=C(C)C(=O)OCCc1c(CC)c(OC=O)c(OC=O)c(C(=O)O)c1C(=O)O.c1ccccc1. The van der Waals surface area contributed by atoms with E-state index >= 15 is 0 Å². The van der Waals surface area contributed by atoms with Crippen LogP contribution in [0.3, 0.4) is 0 Å². The average Bonchev–Trinajstić information content (AvgIpc) is 2.81. The average molecular weight is 472 g/mol. The summed E-state index contributed by atoms with van der Waals surface area (Å²) in [4.78, 5) is 56.7. The maximum absolute atomic E-state index is 11.8. The highest BCUT2D eigenvalue weighted by molar-refractivity contribution is 6.06. The third kappa shape index (κ3) is 7.30. The van der Waals surface area contributed by atoms with Gasteiger partial charge in [-0.2, -0.15) is 0 Å². The van der Waals surface area contributed by atoms with Crippen LogP contribution < -0.4 is 9.47 Å². The van der Waals surface area contributed by atoms with Gasteiger partial charge in [-0.25, -0.2) is 14.4 Å². The van der Waals surface area contributed by atoms with E-state index in [0.717, 1.165) is 0 Å². The molecule has 2 aromatic rings. The van der Waals surface area contributed by atoms with Crippen molar-refractivity contribution in [1.82, 2.24) is 0 Å². The minimum Gasteiger partial charge on any atom is -0.478 e. The van der Waals surface area contributed by atoms with E-state index in [-0.39, 0.29) is 49.1 Å². The van der Waals surface area contributed by atoms with Crippen molar-refractivity contribution in [1.29, 1.82) is 0 Å². The number of carbonyl (C=O) groups excluding carboxylic acids is 3. The van der Waals surface area contributed by atoms with E-state index in [4.69, 9.17) is 9.47 Å². The van der Waals surface area contributed by atoms with Crippen LogP contribution in [0.2, 0.25) is 0 Å². The first-order valence-corrected chi connectivity index (χ1v) is 9.92. The summed E-state index contributed by atoms with van der Waals surface area (Å²) in [6.45, 7) is 6.02. The molecule has 0 saturated heterocycles. The van der Waals surface area contributed by atoms with E-state index < -0.39 is 40.5 Å². The summed E-state index contributed by atoms with van der Waals surface area (Å²) in [5, 5.41) is 19.1. The van der Waals surface area contributed by atoms with Gasteiger partial charge in [-0.3, -0.25) is 9.59 Å². The maximum atomic E-state index is 11.8. The first-order chi connectivity index (χ1) is 16.2. The molecule has 10 heteroatoms. The monoisotopic (exact) mass is 472 g/mol. The summed E-state index contributed by atoms with van der Waals surface area (Å²) in [6.07, 6.45) is -0.0942. The molecule has 0 atom stereocenters. The summed E-state index contributed by atoms with van der Waals surface area (Å²) in [7, 11) is 0. The van der Waals surface area contributed by atoms with E-state index in [1.165, 1.54) is 6.92 Å². The lowest BCUT2D eigenvalue weighted by Crippen LogP contribution is -2.19. The molecule has 0 aliphatic heterocycles. The topological polar surface area (TPSA) is 154 Å². The highest BCUT2D eigenvalue weighted by Crippen LogP contribution is 2.41. The smallest absolute Gasteiger partial charge is 0.340 e. The number of rotatable bonds is 11. The van der Waals surface area contributed by atoms with Gasteiger partial charge in [0.05, 0.1) is 12.2 Å². The molecule has 0 bridgehead atoms. The molecule has 0 aliphatic rings. The first-order valence-electron chi connectivity index (χ1n) is 9.92. The molecule has 2 rings (SSSR count). The highest BCUT2D eigenvalue weighted by atomic mass is 16.6. The van der Waals surface area contributed by atoms with Crippen LogP contribution in [0.4, 0.5) is 0 Å². The standard InChI is InChI=1S/C18H18O10.C6H6/c1-4-10-11(5-6-26-18(25)9(2)3)12(16(21)22)13(17(23)24)15(28-8-20)14(10)27-7-19;1-2-4-6-5-3-1/h7-8H,2,4-6H2,1,3H3,(H,21,22)(H,23,24);1-6H. The van der Waals surface area contributed by atoms with E-state index in [1.54, 1.807) is 6.92 Å².